The molecule has 0 unspecified atom stereocenters. The number of carbonyl (C=O) groups is 2. The fourth-order valence-electron chi connectivity index (χ4n) is 1.64. The lowest BCUT2D eigenvalue weighted by atomic mass is 10.2. The molecule has 1 aromatic carbocycles. The van der Waals surface area contributed by atoms with Crippen molar-refractivity contribution in [3.63, 3.8) is 0 Å². The normalized spacial score (nSPS) is 10.4. The van der Waals surface area contributed by atoms with Crippen molar-refractivity contribution in [2.75, 3.05) is 11.1 Å². The van der Waals surface area contributed by atoms with E-state index in [1.165, 1.54) is 11.8 Å². The van der Waals surface area contributed by atoms with Gasteiger partial charge in [-0.1, -0.05) is 23.7 Å². The number of aromatic carboxylic acids is 1. The van der Waals surface area contributed by atoms with E-state index < -0.39 is 5.97 Å². The summed E-state index contributed by atoms with van der Waals surface area (Å²) >= 11 is 8.42. The fraction of sp³-hybridized carbons (Fsp3) is 0.143. The van der Waals surface area contributed by atoms with Crippen LogP contribution in [0.5, 0.6) is 0 Å². The lowest BCUT2D eigenvalue weighted by Crippen LogP contribution is -2.16. The van der Waals surface area contributed by atoms with E-state index >= 15 is 0 Å². The maximum absolute atomic E-state index is 12.0. The van der Waals surface area contributed by atoms with Crippen LogP contribution in [0.15, 0.2) is 34.5 Å². The molecule has 0 saturated carbocycles. The molecule has 0 saturated heterocycles. The van der Waals surface area contributed by atoms with E-state index in [4.69, 9.17) is 16.7 Å². The summed E-state index contributed by atoms with van der Waals surface area (Å²) in [4.78, 5) is 24.0. The molecular weight excluding hydrogens is 330 g/mol. The lowest BCUT2D eigenvalue weighted by molar-refractivity contribution is -0.113. The zero-order valence-electron chi connectivity index (χ0n) is 11.1. The first kappa shape index (κ1) is 15.9. The van der Waals surface area contributed by atoms with Gasteiger partial charge in [0.1, 0.15) is 4.88 Å². The Morgan fingerprint density at radius 3 is 2.76 bits per heavy atom. The number of carbonyl (C=O) groups excluding carboxylic acids is 1. The Bertz CT molecular complexity index is 685. The molecule has 7 heteroatoms. The van der Waals surface area contributed by atoms with E-state index in [0.717, 1.165) is 21.8 Å². The van der Waals surface area contributed by atoms with E-state index in [0.29, 0.717) is 10.7 Å². The van der Waals surface area contributed by atoms with Crippen LogP contribution in [-0.4, -0.2) is 22.7 Å². The highest BCUT2D eigenvalue weighted by atomic mass is 35.5. The minimum Gasteiger partial charge on any atom is -0.477 e. The van der Waals surface area contributed by atoms with Crippen LogP contribution in [0, 0.1) is 6.92 Å². The summed E-state index contributed by atoms with van der Waals surface area (Å²) in [7, 11) is 0. The third kappa shape index (κ3) is 4.00. The molecule has 0 aliphatic rings. The van der Waals surface area contributed by atoms with Crippen LogP contribution in [0.2, 0.25) is 5.02 Å². The van der Waals surface area contributed by atoms with Gasteiger partial charge < -0.3 is 10.4 Å². The average molecular weight is 342 g/mol. The summed E-state index contributed by atoms with van der Waals surface area (Å²) < 4.78 is 0. The summed E-state index contributed by atoms with van der Waals surface area (Å²) in [6.45, 7) is 1.76. The number of carboxylic acids is 1. The maximum Gasteiger partial charge on any atom is 0.348 e. The van der Waals surface area contributed by atoms with Gasteiger partial charge in [0.15, 0.2) is 0 Å². The van der Waals surface area contributed by atoms with Crippen molar-refractivity contribution in [1.82, 2.24) is 0 Å². The largest absolute Gasteiger partial charge is 0.477 e. The number of rotatable bonds is 5. The molecule has 0 aliphatic heterocycles. The molecule has 2 aromatic rings. The highest BCUT2D eigenvalue weighted by molar-refractivity contribution is 8.00. The van der Waals surface area contributed by atoms with Gasteiger partial charge in [0.25, 0.3) is 0 Å². The standard InChI is InChI=1S/C14H12ClNO3S2/c1-8-6-21-13(14(18)19)12(8)16-11(17)7-20-10-5-3-2-4-9(10)15/h2-6H,7H2,1H3,(H,16,17)(H,18,19). The zero-order valence-corrected chi connectivity index (χ0v) is 13.4. The zero-order chi connectivity index (χ0) is 15.4. The van der Waals surface area contributed by atoms with Crippen LogP contribution >= 0.6 is 34.7 Å². The summed E-state index contributed by atoms with van der Waals surface area (Å²) in [5.41, 5.74) is 1.12. The highest BCUT2D eigenvalue weighted by Gasteiger charge is 2.17. The molecule has 1 aromatic heterocycles. The molecule has 2 N–H and O–H groups in total. The predicted octanol–water partition coefficient (Wildman–Crippen LogP) is 4.14. The number of thioether (sulfide) groups is 1. The molecule has 0 radical (unpaired) electrons. The molecule has 0 spiro atoms. The Morgan fingerprint density at radius 1 is 1.38 bits per heavy atom. The first-order valence-electron chi connectivity index (χ1n) is 5.97. The smallest absolute Gasteiger partial charge is 0.348 e. The molecule has 0 atom stereocenters. The van der Waals surface area contributed by atoms with E-state index in [1.807, 2.05) is 18.2 Å². The van der Waals surface area contributed by atoms with Gasteiger partial charge in [0.05, 0.1) is 16.5 Å². The van der Waals surface area contributed by atoms with Crippen molar-refractivity contribution >= 4 is 52.3 Å². The molecule has 1 heterocycles. The number of benzene rings is 1. The van der Waals surface area contributed by atoms with Crippen molar-refractivity contribution in [3.8, 4) is 0 Å². The Labute approximate surface area is 135 Å². The second-order valence-electron chi connectivity index (χ2n) is 4.20. The Hall–Kier alpha value is -1.50. The van der Waals surface area contributed by atoms with Crippen molar-refractivity contribution in [2.45, 2.75) is 11.8 Å². The predicted molar refractivity (Wildman–Crippen MR) is 86.8 cm³/mol. The van der Waals surface area contributed by atoms with Gasteiger partial charge in [-0.05, 0) is 30.0 Å². The van der Waals surface area contributed by atoms with E-state index in [2.05, 4.69) is 5.32 Å². The van der Waals surface area contributed by atoms with E-state index in [9.17, 15) is 9.59 Å². The van der Waals surface area contributed by atoms with Crippen LogP contribution in [0.25, 0.3) is 0 Å². The number of carboxylic acid groups (broad SMARTS) is 1. The van der Waals surface area contributed by atoms with Crippen LogP contribution in [0.3, 0.4) is 0 Å². The van der Waals surface area contributed by atoms with E-state index in [1.54, 1.807) is 18.4 Å². The number of amides is 1. The van der Waals surface area contributed by atoms with Gasteiger partial charge in [-0.15, -0.1) is 23.1 Å². The maximum atomic E-state index is 12.0. The molecule has 21 heavy (non-hydrogen) atoms. The quantitative estimate of drug-likeness (QED) is 0.802. The first-order valence-corrected chi connectivity index (χ1v) is 8.22. The highest BCUT2D eigenvalue weighted by Crippen LogP contribution is 2.29. The van der Waals surface area contributed by atoms with Crippen LogP contribution < -0.4 is 5.32 Å². The topological polar surface area (TPSA) is 66.4 Å². The average Bonchev–Trinajstić information content (AvgIpc) is 2.79. The third-order valence-electron chi connectivity index (χ3n) is 2.63. The van der Waals surface area contributed by atoms with Crippen molar-refractivity contribution < 1.29 is 14.7 Å². The summed E-state index contributed by atoms with van der Waals surface area (Å²) in [5, 5.41) is 14.0. The minimum absolute atomic E-state index is 0.142. The van der Waals surface area contributed by atoms with Gasteiger partial charge >= 0.3 is 5.97 Å². The molecule has 1 amide bonds. The number of anilines is 1. The van der Waals surface area contributed by atoms with Gasteiger partial charge in [-0.25, -0.2) is 4.79 Å². The number of thiophene rings is 1. The molecule has 0 aliphatic carbocycles. The minimum atomic E-state index is -1.04. The molecule has 0 bridgehead atoms. The number of hydrogen-bond donors (Lipinski definition) is 2. The molecule has 2 rings (SSSR count). The first-order chi connectivity index (χ1) is 9.99. The summed E-state index contributed by atoms with van der Waals surface area (Å²) in [6, 6.07) is 7.25. The second kappa shape index (κ2) is 6.98. The molecule has 4 nitrogen and oxygen atoms in total. The fourth-order valence-corrected chi connectivity index (χ4v) is 3.52. The monoisotopic (exact) mass is 341 g/mol. The molecule has 0 fully saturated rings. The van der Waals surface area contributed by atoms with Gasteiger partial charge in [0.2, 0.25) is 5.91 Å². The van der Waals surface area contributed by atoms with Crippen molar-refractivity contribution in [3.05, 3.63) is 45.1 Å². The van der Waals surface area contributed by atoms with Gasteiger partial charge in [-0.3, -0.25) is 4.79 Å². The Balaban J connectivity index is 2.01. The molecular formula is C14H12ClNO3S2. The lowest BCUT2D eigenvalue weighted by Gasteiger charge is -2.07. The van der Waals surface area contributed by atoms with Gasteiger partial charge in [0, 0.05) is 4.90 Å². The molecule has 110 valence electrons. The van der Waals surface area contributed by atoms with Crippen LogP contribution in [-0.2, 0) is 4.79 Å². The van der Waals surface area contributed by atoms with E-state index in [-0.39, 0.29) is 16.5 Å². The number of aryl methyl sites for hydroxylation is 1. The third-order valence-corrected chi connectivity index (χ3v) is 5.23. The van der Waals surface area contributed by atoms with Crippen LogP contribution in [0.1, 0.15) is 15.2 Å². The van der Waals surface area contributed by atoms with Crippen molar-refractivity contribution in [1.29, 1.82) is 0 Å². The summed E-state index contributed by atoms with van der Waals surface area (Å²) in [5.74, 6) is -1.14. The Kier molecular flexibility index (Phi) is 5.27. The number of halogens is 1. The van der Waals surface area contributed by atoms with Gasteiger partial charge in [-0.2, -0.15) is 0 Å². The van der Waals surface area contributed by atoms with Crippen molar-refractivity contribution in [2.24, 2.45) is 0 Å². The Morgan fingerprint density at radius 2 is 2.10 bits per heavy atom. The second-order valence-corrected chi connectivity index (χ2v) is 6.50. The number of nitrogens with one attached hydrogen (secondary N) is 1. The van der Waals surface area contributed by atoms with Crippen LogP contribution in [0.4, 0.5) is 5.69 Å². The number of hydrogen-bond acceptors (Lipinski definition) is 4. The SMILES string of the molecule is Cc1csc(C(=O)O)c1NC(=O)CSc1ccccc1Cl. The summed E-state index contributed by atoms with van der Waals surface area (Å²) in [6.07, 6.45) is 0.